The van der Waals surface area contributed by atoms with Gasteiger partial charge in [-0.3, -0.25) is 0 Å². The van der Waals surface area contributed by atoms with Gasteiger partial charge in [0.2, 0.25) is 0 Å². The van der Waals surface area contributed by atoms with E-state index in [1.165, 1.54) is 0 Å². The minimum absolute atomic E-state index is 0.169. The quantitative estimate of drug-likeness (QED) is 0.725. The first-order chi connectivity index (χ1) is 6.69. The summed E-state index contributed by atoms with van der Waals surface area (Å²) in [6.45, 7) is 4.13. The van der Waals surface area contributed by atoms with E-state index in [0.29, 0.717) is 0 Å². The summed E-state index contributed by atoms with van der Waals surface area (Å²) in [5.74, 6) is 0. The highest BCUT2D eigenvalue weighted by Crippen LogP contribution is 2.24. The fraction of sp³-hybridized carbons (Fsp3) is 1.00. The molecule has 14 heavy (non-hydrogen) atoms. The average molecular weight is 202 g/mol. The summed E-state index contributed by atoms with van der Waals surface area (Å²) >= 11 is 0. The van der Waals surface area contributed by atoms with Crippen LogP contribution in [-0.2, 0) is 4.74 Å². The monoisotopic (exact) mass is 202 g/mol. The largest absolute Gasteiger partial charge is 0.390 e. The van der Waals surface area contributed by atoms with Crippen molar-refractivity contribution in [3.05, 3.63) is 0 Å². The molecule has 0 heterocycles. The Hall–Kier alpha value is -0.120. The maximum atomic E-state index is 9.69. The molecule has 0 aromatic rings. The van der Waals surface area contributed by atoms with Crippen molar-refractivity contribution in [3.8, 4) is 0 Å². The molecular weight excluding hydrogens is 180 g/mol. The van der Waals surface area contributed by atoms with Crippen molar-refractivity contribution in [2.75, 3.05) is 0 Å². The summed E-state index contributed by atoms with van der Waals surface area (Å²) in [5, 5.41) is 19.4. The molecule has 0 aromatic heterocycles. The predicted octanol–water partition coefficient (Wildman–Crippen LogP) is 1.47. The van der Waals surface area contributed by atoms with E-state index < -0.39 is 12.2 Å². The van der Waals surface area contributed by atoms with Gasteiger partial charge in [-0.05, 0) is 32.1 Å². The van der Waals surface area contributed by atoms with Gasteiger partial charge in [0, 0.05) is 0 Å². The molecule has 1 saturated carbocycles. The van der Waals surface area contributed by atoms with E-state index in [1.807, 2.05) is 0 Å². The molecule has 3 nitrogen and oxygen atoms in total. The van der Waals surface area contributed by atoms with E-state index in [9.17, 15) is 10.2 Å². The summed E-state index contributed by atoms with van der Waals surface area (Å²) in [6, 6.07) is 0. The summed E-state index contributed by atoms with van der Waals surface area (Å²) < 4.78 is 5.71. The Bertz CT molecular complexity index is 147. The third kappa shape index (κ3) is 2.94. The number of rotatable bonds is 4. The van der Waals surface area contributed by atoms with Gasteiger partial charge in [-0.25, -0.2) is 0 Å². The van der Waals surface area contributed by atoms with Gasteiger partial charge in [-0.1, -0.05) is 13.8 Å². The second-order valence-electron chi connectivity index (χ2n) is 4.10. The van der Waals surface area contributed by atoms with Crippen LogP contribution >= 0.6 is 0 Å². The fourth-order valence-electron chi connectivity index (χ4n) is 2.01. The first kappa shape index (κ1) is 12.0. The van der Waals surface area contributed by atoms with Crippen molar-refractivity contribution in [3.63, 3.8) is 0 Å². The molecule has 1 aliphatic rings. The molecule has 0 radical (unpaired) electrons. The standard InChI is InChI=1S/C11H22O3/c1-3-8(4-2)14-11-9(12)6-5-7-10(11)13/h8-13H,3-7H2,1-2H3. The predicted molar refractivity (Wildman–Crippen MR) is 55.1 cm³/mol. The number of aliphatic hydroxyl groups is 2. The van der Waals surface area contributed by atoms with E-state index in [-0.39, 0.29) is 12.2 Å². The molecule has 2 N–H and O–H groups in total. The smallest absolute Gasteiger partial charge is 0.110 e. The zero-order valence-corrected chi connectivity index (χ0v) is 9.15. The second kappa shape index (κ2) is 5.69. The maximum Gasteiger partial charge on any atom is 0.110 e. The summed E-state index contributed by atoms with van der Waals surface area (Å²) in [6.07, 6.45) is 3.10. The van der Waals surface area contributed by atoms with Gasteiger partial charge in [-0.2, -0.15) is 0 Å². The summed E-state index contributed by atoms with van der Waals surface area (Å²) in [5.41, 5.74) is 0. The SMILES string of the molecule is CCC(CC)OC1C(O)CCCC1O. The van der Waals surface area contributed by atoms with E-state index in [2.05, 4.69) is 13.8 Å². The third-order valence-electron chi connectivity index (χ3n) is 3.02. The van der Waals surface area contributed by atoms with Gasteiger partial charge in [0.05, 0.1) is 18.3 Å². The molecule has 0 aromatic carbocycles. The number of aliphatic hydroxyl groups excluding tert-OH is 2. The molecule has 2 unspecified atom stereocenters. The van der Waals surface area contributed by atoms with Crippen molar-refractivity contribution in [1.82, 2.24) is 0 Å². The minimum atomic E-state index is -0.487. The van der Waals surface area contributed by atoms with Crippen LogP contribution in [0.15, 0.2) is 0 Å². The molecule has 2 atom stereocenters. The molecule has 0 spiro atoms. The molecular formula is C11H22O3. The Morgan fingerprint density at radius 1 is 1.14 bits per heavy atom. The fourth-order valence-corrected chi connectivity index (χ4v) is 2.01. The first-order valence-corrected chi connectivity index (χ1v) is 5.70. The molecule has 0 saturated heterocycles. The Morgan fingerprint density at radius 3 is 2.07 bits per heavy atom. The molecule has 1 fully saturated rings. The zero-order chi connectivity index (χ0) is 10.6. The molecule has 84 valence electrons. The van der Waals surface area contributed by atoms with Crippen LogP contribution in [0.5, 0.6) is 0 Å². The van der Waals surface area contributed by atoms with Gasteiger partial charge in [0.15, 0.2) is 0 Å². The first-order valence-electron chi connectivity index (χ1n) is 5.70. The van der Waals surface area contributed by atoms with Crippen LogP contribution in [0, 0.1) is 0 Å². The van der Waals surface area contributed by atoms with E-state index in [1.54, 1.807) is 0 Å². The maximum absolute atomic E-state index is 9.69. The van der Waals surface area contributed by atoms with Crippen LogP contribution in [-0.4, -0.2) is 34.6 Å². The molecule has 0 bridgehead atoms. The number of hydrogen-bond donors (Lipinski definition) is 2. The number of ether oxygens (including phenoxy) is 1. The lowest BCUT2D eigenvalue weighted by Crippen LogP contribution is -2.45. The van der Waals surface area contributed by atoms with E-state index in [0.717, 1.165) is 32.1 Å². The van der Waals surface area contributed by atoms with Crippen molar-refractivity contribution < 1.29 is 14.9 Å². The van der Waals surface area contributed by atoms with Gasteiger partial charge < -0.3 is 14.9 Å². The number of hydrogen-bond acceptors (Lipinski definition) is 3. The van der Waals surface area contributed by atoms with E-state index in [4.69, 9.17) is 4.74 Å². The van der Waals surface area contributed by atoms with Crippen LogP contribution < -0.4 is 0 Å². The van der Waals surface area contributed by atoms with Crippen molar-refractivity contribution in [2.45, 2.75) is 70.4 Å². The van der Waals surface area contributed by atoms with Crippen molar-refractivity contribution >= 4 is 0 Å². The molecule has 0 amide bonds. The third-order valence-corrected chi connectivity index (χ3v) is 3.02. The zero-order valence-electron chi connectivity index (χ0n) is 9.15. The molecule has 1 rings (SSSR count). The highest BCUT2D eigenvalue weighted by Gasteiger charge is 2.32. The van der Waals surface area contributed by atoms with Gasteiger partial charge >= 0.3 is 0 Å². The van der Waals surface area contributed by atoms with Crippen LogP contribution in [0.25, 0.3) is 0 Å². The van der Waals surface area contributed by atoms with Crippen LogP contribution in [0.3, 0.4) is 0 Å². The normalized spacial score (nSPS) is 33.6. The minimum Gasteiger partial charge on any atom is -0.390 e. The van der Waals surface area contributed by atoms with Crippen molar-refractivity contribution in [2.24, 2.45) is 0 Å². The highest BCUT2D eigenvalue weighted by molar-refractivity contribution is 4.83. The molecule has 0 aliphatic heterocycles. The van der Waals surface area contributed by atoms with Crippen LogP contribution in [0.2, 0.25) is 0 Å². The van der Waals surface area contributed by atoms with Gasteiger partial charge in [0.25, 0.3) is 0 Å². The van der Waals surface area contributed by atoms with E-state index >= 15 is 0 Å². The molecule has 1 aliphatic carbocycles. The second-order valence-corrected chi connectivity index (χ2v) is 4.10. The summed E-state index contributed by atoms with van der Waals surface area (Å²) in [7, 11) is 0. The Balaban J connectivity index is 2.46. The van der Waals surface area contributed by atoms with Gasteiger partial charge in [0.1, 0.15) is 6.10 Å². The molecule has 3 heteroatoms. The van der Waals surface area contributed by atoms with Crippen molar-refractivity contribution in [1.29, 1.82) is 0 Å². The highest BCUT2D eigenvalue weighted by atomic mass is 16.5. The Labute approximate surface area is 86.1 Å². The Kier molecular flexibility index (Phi) is 4.85. The van der Waals surface area contributed by atoms with Crippen LogP contribution in [0.4, 0.5) is 0 Å². The average Bonchev–Trinajstić information content (AvgIpc) is 2.18. The summed E-state index contributed by atoms with van der Waals surface area (Å²) in [4.78, 5) is 0. The Morgan fingerprint density at radius 2 is 1.64 bits per heavy atom. The van der Waals surface area contributed by atoms with Crippen LogP contribution in [0.1, 0.15) is 46.0 Å². The topological polar surface area (TPSA) is 49.7 Å². The lowest BCUT2D eigenvalue weighted by molar-refractivity contribution is -0.147. The van der Waals surface area contributed by atoms with Gasteiger partial charge in [-0.15, -0.1) is 0 Å². The lowest BCUT2D eigenvalue weighted by atomic mass is 9.92. The lowest BCUT2D eigenvalue weighted by Gasteiger charge is -2.34.